The Morgan fingerprint density at radius 3 is 2.80 bits per heavy atom. The second-order valence-corrected chi connectivity index (χ2v) is 4.52. The lowest BCUT2D eigenvalue weighted by molar-refractivity contribution is 0.102. The van der Waals surface area contributed by atoms with Crippen molar-refractivity contribution < 1.29 is 4.79 Å². The van der Waals surface area contributed by atoms with Crippen LogP contribution >= 0.6 is 0 Å². The van der Waals surface area contributed by atoms with Gasteiger partial charge in [-0.3, -0.25) is 9.78 Å². The topological polar surface area (TPSA) is 66.9 Å². The second-order valence-electron chi connectivity index (χ2n) is 4.52. The Balaban J connectivity index is 2.19. The highest BCUT2D eigenvalue weighted by Gasteiger charge is 2.11. The minimum absolute atomic E-state index is 0.258. The summed E-state index contributed by atoms with van der Waals surface area (Å²) in [5, 5.41) is 5.90. The van der Waals surface area contributed by atoms with Crippen LogP contribution in [0.2, 0.25) is 0 Å². The molecule has 5 nitrogen and oxygen atoms in total. The van der Waals surface area contributed by atoms with Gasteiger partial charge in [-0.1, -0.05) is 12.1 Å². The zero-order valence-electron chi connectivity index (χ0n) is 11.9. The fraction of sp³-hybridized carbons (Fsp3) is 0.267. The van der Waals surface area contributed by atoms with E-state index in [-0.39, 0.29) is 5.91 Å². The predicted octanol–water partition coefficient (Wildman–Crippen LogP) is 2.78. The first-order valence-corrected chi connectivity index (χ1v) is 6.55. The third-order valence-corrected chi connectivity index (χ3v) is 3.08. The lowest BCUT2D eigenvalue weighted by atomic mass is 10.1. The number of nitrogens with zero attached hydrogens (tertiary/aromatic N) is 2. The number of hydrogen-bond donors (Lipinski definition) is 2. The van der Waals surface area contributed by atoms with Crippen molar-refractivity contribution in [2.24, 2.45) is 0 Å². The fourth-order valence-corrected chi connectivity index (χ4v) is 1.81. The first-order chi connectivity index (χ1) is 9.61. The average molecular weight is 270 g/mol. The van der Waals surface area contributed by atoms with Crippen LogP contribution in [0.3, 0.4) is 0 Å². The maximum atomic E-state index is 12.2. The lowest BCUT2D eigenvalue weighted by Crippen LogP contribution is -2.16. The number of aryl methyl sites for hydroxylation is 1. The van der Waals surface area contributed by atoms with E-state index >= 15 is 0 Å². The summed E-state index contributed by atoms with van der Waals surface area (Å²) in [6.45, 7) is 6.68. The van der Waals surface area contributed by atoms with E-state index in [1.54, 1.807) is 6.20 Å². The molecule has 2 N–H and O–H groups in total. The molecule has 1 heterocycles. The molecule has 0 atom stereocenters. The van der Waals surface area contributed by atoms with E-state index in [0.29, 0.717) is 11.5 Å². The standard InChI is InChI=1S/C15H18N4O/c1-4-17-14-9-16-8-13(18-14)15(20)19-12-7-5-6-10(2)11(12)3/h5-9H,4H2,1-3H3,(H,17,18)(H,19,20). The molecule has 2 aromatic rings. The van der Waals surface area contributed by atoms with Gasteiger partial charge in [0.1, 0.15) is 11.5 Å². The van der Waals surface area contributed by atoms with Gasteiger partial charge in [0.05, 0.1) is 12.4 Å². The number of rotatable bonds is 4. The number of aromatic nitrogens is 2. The van der Waals surface area contributed by atoms with Gasteiger partial charge < -0.3 is 10.6 Å². The normalized spacial score (nSPS) is 10.2. The van der Waals surface area contributed by atoms with E-state index < -0.39 is 0 Å². The van der Waals surface area contributed by atoms with E-state index in [0.717, 1.165) is 23.4 Å². The molecule has 0 aliphatic heterocycles. The summed E-state index contributed by atoms with van der Waals surface area (Å²) in [7, 11) is 0. The van der Waals surface area contributed by atoms with Gasteiger partial charge in [-0.05, 0) is 38.0 Å². The van der Waals surface area contributed by atoms with E-state index in [2.05, 4.69) is 20.6 Å². The van der Waals surface area contributed by atoms with Crippen LogP contribution in [0.15, 0.2) is 30.6 Å². The van der Waals surface area contributed by atoms with Gasteiger partial charge in [0.15, 0.2) is 0 Å². The third-order valence-electron chi connectivity index (χ3n) is 3.08. The first-order valence-electron chi connectivity index (χ1n) is 6.55. The summed E-state index contributed by atoms with van der Waals surface area (Å²) in [5.41, 5.74) is 3.28. The Bertz CT molecular complexity index is 625. The monoisotopic (exact) mass is 270 g/mol. The smallest absolute Gasteiger partial charge is 0.275 e. The van der Waals surface area contributed by atoms with Crippen molar-refractivity contribution in [2.45, 2.75) is 20.8 Å². The van der Waals surface area contributed by atoms with Crippen LogP contribution in [-0.4, -0.2) is 22.4 Å². The van der Waals surface area contributed by atoms with Crippen LogP contribution in [0.5, 0.6) is 0 Å². The summed E-state index contributed by atoms with van der Waals surface area (Å²) in [6.07, 6.45) is 3.06. The highest BCUT2D eigenvalue weighted by molar-refractivity contribution is 6.03. The minimum Gasteiger partial charge on any atom is -0.369 e. The largest absolute Gasteiger partial charge is 0.369 e. The molecule has 0 saturated heterocycles. The third kappa shape index (κ3) is 3.12. The molecule has 0 unspecified atom stereocenters. The van der Waals surface area contributed by atoms with Crippen molar-refractivity contribution in [1.29, 1.82) is 0 Å². The van der Waals surface area contributed by atoms with Crippen LogP contribution in [0, 0.1) is 13.8 Å². The van der Waals surface area contributed by atoms with Crippen LogP contribution in [0.1, 0.15) is 28.5 Å². The average Bonchev–Trinajstić information content (AvgIpc) is 2.44. The maximum absolute atomic E-state index is 12.2. The molecule has 1 aromatic heterocycles. The Morgan fingerprint density at radius 2 is 2.05 bits per heavy atom. The minimum atomic E-state index is -0.258. The molecule has 0 fully saturated rings. The van der Waals surface area contributed by atoms with E-state index in [4.69, 9.17) is 0 Å². The van der Waals surface area contributed by atoms with Crippen LogP contribution in [-0.2, 0) is 0 Å². The molecule has 0 saturated carbocycles. The number of hydrogen-bond acceptors (Lipinski definition) is 4. The molecule has 104 valence electrons. The number of amides is 1. The number of benzene rings is 1. The number of anilines is 2. The zero-order valence-corrected chi connectivity index (χ0v) is 11.9. The van der Waals surface area contributed by atoms with Crippen LogP contribution < -0.4 is 10.6 Å². The summed E-state index contributed by atoms with van der Waals surface area (Å²) in [5.74, 6) is 0.340. The molecule has 0 aliphatic carbocycles. The van der Waals surface area contributed by atoms with Gasteiger partial charge in [0.25, 0.3) is 5.91 Å². The van der Waals surface area contributed by atoms with Crippen LogP contribution in [0.25, 0.3) is 0 Å². The summed E-state index contributed by atoms with van der Waals surface area (Å²) in [6, 6.07) is 5.80. The van der Waals surface area contributed by atoms with Gasteiger partial charge in [0.2, 0.25) is 0 Å². The Hall–Kier alpha value is -2.43. The van der Waals surface area contributed by atoms with Crippen LogP contribution in [0.4, 0.5) is 11.5 Å². The Morgan fingerprint density at radius 1 is 1.25 bits per heavy atom. The van der Waals surface area contributed by atoms with Crippen molar-refractivity contribution in [3.05, 3.63) is 47.4 Å². The number of carbonyl (C=O) groups excluding carboxylic acids is 1. The van der Waals surface area contributed by atoms with E-state index in [9.17, 15) is 4.79 Å². The Labute approximate surface area is 118 Å². The number of nitrogens with one attached hydrogen (secondary N) is 2. The molecular weight excluding hydrogens is 252 g/mol. The molecule has 1 amide bonds. The van der Waals surface area contributed by atoms with Crippen molar-refractivity contribution in [3.63, 3.8) is 0 Å². The highest BCUT2D eigenvalue weighted by Crippen LogP contribution is 2.18. The molecule has 0 spiro atoms. The van der Waals surface area contributed by atoms with Crippen molar-refractivity contribution in [3.8, 4) is 0 Å². The van der Waals surface area contributed by atoms with Crippen molar-refractivity contribution >= 4 is 17.4 Å². The van der Waals surface area contributed by atoms with Crippen molar-refractivity contribution in [1.82, 2.24) is 9.97 Å². The van der Waals surface area contributed by atoms with Gasteiger partial charge in [0, 0.05) is 12.2 Å². The van der Waals surface area contributed by atoms with E-state index in [1.807, 2.05) is 39.0 Å². The molecule has 0 radical (unpaired) electrons. The SMILES string of the molecule is CCNc1cncc(C(=O)Nc2cccc(C)c2C)n1. The molecule has 1 aromatic carbocycles. The molecule has 2 rings (SSSR count). The molecule has 0 aliphatic rings. The summed E-state index contributed by atoms with van der Waals surface area (Å²) >= 11 is 0. The highest BCUT2D eigenvalue weighted by atomic mass is 16.1. The molecule has 20 heavy (non-hydrogen) atoms. The van der Waals surface area contributed by atoms with Gasteiger partial charge in [-0.15, -0.1) is 0 Å². The predicted molar refractivity (Wildman–Crippen MR) is 80.1 cm³/mol. The van der Waals surface area contributed by atoms with Gasteiger partial charge in [-0.2, -0.15) is 0 Å². The summed E-state index contributed by atoms with van der Waals surface area (Å²) in [4.78, 5) is 20.4. The van der Waals surface area contributed by atoms with Gasteiger partial charge >= 0.3 is 0 Å². The van der Waals surface area contributed by atoms with E-state index in [1.165, 1.54) is 6.20 Å². The lowest BCUT2D eigenvalue weighted by Gasteiger charge is -2.10. The quantitative estimate of drug-likeness (QED) is 0.896. The van der Waals surface area contributed by atoms with Gasteiger partial charge in [-0.25, -0.2) is 4.98 Å². The summed E-state index contributed by atoms with van der Waals surface area (Å²) < 4.78 is 0. The Kier molecular flexibility index (Phi) is 4.30. The zero-order chi connectivity index (χ0) is 14.5. The fourth-order valence-electron chi connectivity index (χ4n) is 1.81. The molecule has 5 heteroatoms. The second kappa shape index (κ2) is 6.14. The maximum Gasteiger partial charge on any atom is 0.275 e. The first kappa shape index (κ1) is 14.0. The molecule has 0 bridgehead atoms. The molecular formula is C15H18N4O. The van der Waals surface area contributed by atoms with Crippen molar-refractivity contribution in [2.75, 3.05) is 17.2 Å². The number of carbonyl (C=O) groups is 1.